The molecule has 1 aliphatic rings. The molecule has 0 aliphatic carbocycles. The Hall–Kier alpha value is -4.09. The summed E-state index contributed by atoms with van der Waals surface area (Å²) in [5, 5.41) is 9.03. The Morgan fingerprint density at radius 1 is 1.02 bits per heavy atom. The Bertz CT molecular complexity index is 1570. The average molecular weight is 589 g/mol. The number of carbonyl (C=O) groups excluding carboxylic acids is 2. The summed E-state index contributed by atoms with van der Waals surface area (Å²) in [4.78, 5) is 42.2. The Morgan fingerprint density at radius 3 is 2.26 bits per heavy atom. The van der Waals surface area contributed by atoms with Crippen LogP contribution < -0.4 is 15.3 Å². The second-order valence-electron chi connectivity index (χ2n) is 11.4. The molecule has 1 aliphatic heterocycles. The van der Waals surface area contributed by atoms with E-state index in [1.54, 1.807) is 36.4 Å². The molecule has 0 radical (unpaired) electrons. The third kappa shape index (κ3) is 6.69. The normalized spacial score (nSPS) is 14.5. The van der Waals surface area contributed by atoms with Crippen LogP contribution in [0, 0.1) is 0 Å². The highest BCUT2D eigenvalue weighted by atomic mass is 19.4. The number of hydrogen-bond donors (Lipinski definition) is 1. The molecule has 9 nitrogen and oxygen atoms in total. The number of alkyl halides is 3. The van der Waals surface area contributed by atoms with E-state index in [1.807, 2.05) is 20.8 Å². The van der Waals surface area contributed by atoms with E-state index in [9.17, 15) is 27.6 Å². The summed E-state index contributed by atoms with van der Waals surface area (Å²) in [6.45, 7) is 7.29. The maximum Gasteiger partial charge on any atom is 0.473 e. The van der Waals surface area contributed by atoms with Crippen LogP contribution in [-0.4, -0.2) is 57.8 Å². The number of imidazole rings is 1. The number of ether oxygens (including phenoxy) is 1. The zero-order valence-corrected chi connectivity index (χ0v) is 24.1. The molecule has 4 rings (SSSR count). The van der Waals surface area contributed by atoms with Crippen LogP contribution in [0.15, 0.2) is 41.4 Å². The maximum absolute atomic E-state index is 13.9. The zero-order valence-electron chi connectivity index (χ0n) is 24.1. The lowest BCUT2D eigenvalue weighted by molar-refractivity contribution is -0.169. The first-order valence-corrected chi connectivity index (χ1v) is 13.8. The van der Waals surface area contributed by atoms with Crippen molar-refractivity contribution in [1.82, 2.24) is 9.13 Å². The van der Waals surface area contributed by atoms with E-state index < -0.39 is 23.5 Å². The number of anilines is 1. The van der Waals surface area contributed by atoms with E-state index in [-0.39, 0.29) is 31.0 Å². The molecule has 0 unspecified atom stereocenters. The van der Waals surface area contributed by atoms with E-state index in [0.717, 1.165) is 37.2 Å². The molecule has 0 atom stereocenters. The van der Waals surface area contributed by atoms with Crippen molar-refractivity contribution in [3.8, 4) is 5.75 Å². The van der Waals surface area contributed by atoms with Gasteiger partial charge in [0.2, 0.25) is 5.62 Å². The van der Waals surface area contributed by atoms with Gasteiger partial charge in [-0.2, -0.15) is 18.2 Å². The summed E-state index contributed by atoms with van der Waals surface area (Å²) < 4.78 is 48.3. The van der Waals surface area contributed by atoms with Crippen LogP contribution >= 0.6 is 0 Å². The zero-order chi connectivity index (χ0) is 30.8. The van der Waals surface area contributed by atoms with Crippen molar-refractivity contribution in [3.05, 3.63) is 53.1 Å². The molecule has 1 saturated heterocycles. The second-order valence-corrected chi connectivity index (χ2v) is 11.4. The summed E-state index contributed by atoms with van der Waals surface area (Å²) in [6, 6.07) is 10.2. The lowest BCUT2D eigenvalue weighted by Crippen LogP contribution is -2.32. The summed E-state index contributed by atoms with van der Waals surface area (Å²) in [6.07, 6.45) is -2.95. The highest BCUT2D eigenvalue weighted by molar-refractivity contribution is 5.98. The number of carbonyl (C=O) groups is 3. The van der Waals surface area contributed by atoms with Crippen LogP contribution in [0.2, 0.25) is 0 Å². The van der Waals surface area contributed by atoms with Crippen LogP contribution in [0.5, 0.6) is 5.75 Å². The first kappa shape index (κ1) is 30.9. The summed E-state index contributed by atoms with van der Waals surface area (Å²) in [5.41, 5.74) is 2.03. The maximum atomic E-state index is 13.9. The molecular weight excluding hydrogens is 553 g/mol. The number of aliphatic carboxylic acids is 1. The molecule has 2 aromatic carbocycles. The van der Waals surface area contributed by atoms with Gasteiger partial charge in [-0.15, -0.1) is 0 Å². The van der Waals surface area contributed by atoms with Crippen molar-refractivity contribution >= 4 is 34.4 Å². The van der Waals surface area contributed by atoms with E-state index in [2.05, 4.69) is 9.89 Å². The number of carboxylic acid groups (broad SMARTS) is 1. The Morgan fingerprint density at radius 2 is 1.67 bits per heavy atom. The number of Topliss-reactive ketones (excluding diaryl/α,β-unsaturated/α-hetero) is 1. The quantitative estimate of drug-likeness (QED) is 0.279. The van der Waals surface area contributed by atoms with Crippen LogP contribution in [0.25, 0.3) is 11.0 Å². The smallest absolute Gasteiger partial charge is 0.473 e. The van der Waals surface area contributed by atoms with Crippen molar-refractivity contribution in [2.45, 2.75) is 64.6 Å². The number of para-hydroxylation sites is 2. The molecule has 3 aromatic rings. The highest BCUT2D eigenvalue weighted by Gasteiger charge is 2.39. The van der Waals surface area contributed by atoms with E-state index >= 15 is 0 Å². The third-order valence-corrected chi connectivity index (χ3v) is 7.25. The number of halogens is 3. The molecule has 12 heteroatoms. The summed E-state index contributed by atoms with van der Waals surface area (Å²) in [5.74, 6) is -2.96. The van der Waals surface area contributed by atoms with Crippen molar-refractivity contribution < 1.29 is 37.4 Å². The fourth-order valence-electron chi connectivity index (χ4n) is 5.13. The molecule has 0 spiro atoms. The number of ketones is 1. The summed E-state index contributed by atoms with van der Waals surface area (Å²) in [7, 11) is 1.49. The molecule has 2 heterocycles. The minimum Gasteiger partial charge on any atom is -0.491 e. The van der Waals surface area contributed by atoms with Gasteiger partial charge in [0, 0.05) is 37.7 Å². The molecule has 0 bridgehead atoms. The number of nitrogens with zero attached hydrogens (tertiary/aromatic N) is 4. The first-order valence-electron chi connectivity index (χ1n) is 13.8. The molecule has 1 N–H and O–H groups in total. The fraction of sp³-hybridized carbons (Fsp3) is 0.467. The number of rotatable bonds is 9. The van der Waals surface area contributed by atoms with Gasteiger partial charge in [0.05, 0.1) is 29.9 Å². The number of carboxylic acids is 1. The molecule has 1 fully saturated rings. The van der Waals surface area contributed by atoms with E-state index in [1.165, 1.54) is 16.2 Å². The minimum atomic E-state index is -5.16. The van der Waals surface area contributed by atoms with Crippen LogP contribution in [0.4, 0.5) is 18.9 Å². The standard InChI is InChI=1S/C30H35F3N4O5/c1-29(2,3)20-16-19(17-23(36-13-7-8-14-36)26(20)42-15-9-12-25(39)40)24(38)18-37-22-11-6-5-10-21(22)35(4)28(37)34-27(41)30(31,32)33/h5-6,10-11,16-17H,7-9,12-15,18H2,1-4H3,(H,39,40). The SMILES string of the molecule is Cn1c(=NC(=O)C(F)(F)F)n(CC(=O)c2cc(N3CCCC3)c(OCCCC(=O)O)c(C(C)(C)C)c2)c2ccccc21. The van der Waals surface area contributed by atoms with Crippen molar-refractivity contribution in [2.75, 3.05) is 24.6 Å². The molecule has 42 heavy (non-hydrogen) atoms. The third-order valence-electron chi connectivity index (χ3n) is 7.25. The monoisotopic (exact) mass is 588 g/mol. The minimum absolute atomic E-state index is 0.0348. The van der Waals surface area contributed by atoms with E-state index in [4.69, 9.17) is 9.84 Å². The highest BCUT2D eigenvalue weighted by Crippen LogP contribution is 2.41. The van der Waals surface area contributed by atoms with Crippen LogP contribution in [-0.2, 0) is 28.6 Å². The van der Waals surface area contributed by atoms with Crippen LogP contribution in [0.1, 0.15) is 62.4 Å². The van der Waals surface area contributed by atoms with Gasteiger partial charge in [-0.3, -0.25) is 14.4 Å². The molecule has 0 saturated carbocycles. The predicted molar refractivity (Wildman–Crippen MR) is 151 cm³/mol. The largest absolute Gasteiger partial charge is 0.491 e. The van der Waals surface area contributed by atoms with Gasteiger partial charge in [-0.25, -0.2) is 0 Å². The van der Waals surface area contributed by atoms with Gasteiger partial charge in [0.1, 0.15) is 5.75 Å². The van der Waals surface area contributed by atoms with Gasteiger partial charge in [0.15, 0.2) is 5.78 Å². The fourth-order valence-corrected chi connectivity index (χ4v) is 5.13. The predicted octanol–water partition coefficient (Wildman–Crippen LogP) is 4.99. The lowest BCUT2D eigenvalue weighted by Gasteiger charge is -2.29. The van der Waals surface area contributed by atoms with Gasteiger partial charge in [0.25, 0.3) is 0 Å². The molecule has 226 valence electrons. The lowest BCUT2D eigenvalue weighted by atomic mass is 9.84. The number of hydrogen-bond acceptors (Lipinski definition) is 5. The Kier molecular flexibility index (Phi) is 8.84. The van der Waals surface area contributed by atoms with Gasteiger partial charge >= 0.3 is 18.1 Å². The molecular formula is C30H35F3N4O5. The van der Waals surface area contributed by atoms with Gasteiger partial charge < -0.3 is 23.9 Å². The number of amides is 1. The topological polar surface area (TPSA) is 106 Å². The average Bonchev–Trinajstić information content (AvgIpc) is 3.53. The Balaban J connectivity index is 1.82. The van der Waals surface area contributed by atoms with Crippen molar-refractivity contribution in [2.24, 2.45) is 12.0 Å². The van der Waals surface area contributed by atoms with E-state index in [0.29, 0.717) is 28.8 Å². The number of fused-ring (bicyclic) bond motifs is 1. The summed E-state index contributed by atoms with van der Waals surface area (Å²) >= 11 is 0. The number of aromatic nitrogens is 2. The van der Waals surface area contributed by atoms with Crippen LogP contribution in [0.3, 0.4) is 0 Å². The van der Waals surface area contributed by atoms with Gasteiger partial charge in [-0.05, 0) is 48.9 Å². The number of benzene rings is 2. The Labute approximate surface area is 241 Å². The number of aryl methyl sites for hydroxylation is 1. The van der Waals surface area contributed by atoms with Gasteiger partial charge in [-0.1, -0.05) is 32.9 Å². The first-order chi connectivity index (χ1) is 19.7. The van der Waals surface area contributed by atoms with Crippen molar-refractivity contribution in [3.63, 3.8) is 0 Å². The second kappa shape index (κ2) is 12.0. The molecule has 1 amide bonds. The van der Waals surface area contributed by atoms with Crippen molar-refractivity contribution in [1.29, 1.82) is 0 Å². The molecule has 1 aromatic heterocycles.